The zero-order valence-electron chi connectivity index (χ0n) is 8.62. The van der Waals surface area contributed by atoms with Crippen LogP contribution in [0.15, 0.2) is 36.1 Å². The van der Waals surface area contributed by atoms with E-state index in [9.17, 15) is 0 Å². The van der Waals surface area contributed by atoms with Gasteiger partial charge in [0.2, 0.25) is 0 Å². The van der Waals surface area contributed by atoms with E-state index in [4.69, 9.17) is 0 Å². The zero-order valence-corrected chi connectivity index (χ0v) is 8.62. The molecule has 0 radical (unpaired) electrons. The fraction of sp³-hybridized carbons (Fsp3) is 0.143. The maximum absolute atomic E-state index is 3.20. The van der Waals surface area contributed by atoms with E-state index in [1.54, 1.807) is 0 Å². The fourth-order valence-corrected chi connectivity index (χ4v) is 2.20. The summed E-state index contributed by atoms with van der Waals surface area (Å²) in [5, 5.41) is 3.73. The predicted molar refractivity (Wildman–Crippen MR) is 62.8 cm³/mol. The summed E-state index contributed by atoms with van der Waals surface area (Å²) >= 11 is 0. The Kier molecular flexibility index (Phi) is 1.69. The third-order valence-electron chi connectivity index (χ3n) is 2.85. The second-order valence-electron chi connectivity index (χ2n) is 3.63. The summed E-state index contributed by atoms with van der Waals surface area (Å²) in [6, 6.07) is 8.49. The topological polar surface area (TPSA) is 4.93 Å². The van der Waals surface area contributed by atoms with Crippen molar-refractivity contribution >= 4 is 22.7 Å². The predicted octanol–water partition coefficient (Wildman–Crippen LogP) is 1.55. The number of hydrogen-bond acceptors (Lipinski definition) is 0. The molecule has 3 rings (SSSR count). The number of rotatable bonds is 1. The molecule has 0 unspecified atom stereocenters. The number of allylic oxidation sites excluding steroid dienone is 1. The largest absolute Gasteiger partial charge is 0.334 e. The minimum absolute atomic E-state index is 0.971. The molecular formula is C14H11N. The SMILES string of the molecule is CCn1c2c(c3ccccc31)=CC=C=C=2. The summed E-state index contributed by atoms with van der Waals surface area (Å²) in [5.74, 6) is 0. The Labute approximate surface area is 88.0 Å². The summed E-state index contributed by atoms with van der Waals surface area (Å²) < 4.78 is 2.28. The van der Waals surface area contributed by atoms with Crippen molar-refractivity contribution in [3.8, 4) is 0 Å². The Bertz CT molecular complexity index is 719. The monoisotopic (exact) mass is 193 g/mol. The molecule has 1 aromatic carbocycles. The van der Waals surface area contributed by atoms with Gasteiger partial charge in [0.15, 0.2) is 0 Å². The molecule has 1 nitrogen and oxygen atoms in total. The number of nitrogens with zero attached hydrogens (tertiary/aromatic N) is 1. The summed E-state index contributed by atoms with van der Waals surface area (Å²) in [7, 11) is 0. The van der Waals surface area contributed by atoms with E-state index in [-0.39, 0.29) is 0 Å². The minimum atomic E-state index is 0.971. The molecule has 0 saturated heterocycles. The van der Waals surface area contributed by atoms with Crippen LogP contribution in [-0.2, 0) is 6.54 Å². The molecule has 0 amide bonds. The summed E-state index contributed by atoms with van der Waals surface area (Å²) in [6.45, 7) is 3.13. The van der Waals surface area contributed by atoms with Gasteiger partial charge in [0.1, 0.15) is 5.35 Å². The smallest absolute Gasteiger partial charge is 0.101 e. The molecule has 1 heteroatoms. The fourth-order valence-electron chi connectivity index (χ4n) is 2.20. The van der Waals surface area contributed by atoms with E-state index in [0.717, 1.165) is 11.9 Å². The molecular weight excluding hydrogens is 182 g/mol. The Balaban J connectivity index is 2.72. The molecule has 72 valence electrons. The standard InChI is InChI=1S/C14H11N/c1-2-15-13-9-5-3-7-11(13)12-8-4-6-10-14(12)15/h3-5,7-9H,2H2,1H3. The molecule has 15 heavy (non-hydrogen) atoms. The molecule has 1 aliphatic rings. The number of aryl methyl sites for hydroxylation is 1. The molecule has 1 heterocycles. The first kappa shape index (κ1) is 8.38. The number of fused-ring (bicyclic) bond motifs is 3. The lowest BCUT2D eigenvalue weighted by molar-refractivity contribution is 0.772. The summed E-state index contributed by atoms with van der Waals surface area (Å²) in [6.07, 6.45) is 4.04. The van der Waals surface area contributed by atoms with Crippen molar-refractivity contribution in [3.05, 3.63) is 46.6 Å². The van der Waals surface area contributed by atoms with Gasteiger partial charge in [-0.3, -0.25) is 0 Å². The average molecular weight is 193 g/mol. The third kappa shape index (κ3) is 1.05. The van der Waals surface area contributed by atoms with E-state index >= 15 is 0 Å². The molecule has 2 aromatic rings. The van der Waals surface area contributed by atoms with Crippen LogP contribution in [0.3, 0.4) is 0 Å². The maximum atomic E-state index is 3.20. The average Bonchev–Trinajstić information content (AvgIpc) is 2.63. The van der Waals surface area contributed by atoms with Gasteiger partial charge in [-0.15, -0.1) is 0 Å². The highest BCUT2D eigenvalue weighted by atomic mass is 15.0. The number of hydrogen-bond donors (Lipinski definition) is 0. The lowest BCUT2D eigenvalue weighted by atomic mass is 10.2. The molecule has 0 N–H and O–H groups in total. The van der Waals surface area contributed by atoms with E-state index in [1.165, 1.54) is 16.1 Å². The Morgan fingerprint density at radius 3 is 3.00 bits per heavy atom. The van der Waals surface area contributed by atoms with Crippen molar-refractivity contribution in [2.45, 2.75) is 13.5 Å². The second-order valence-corrected chi connectivity index (χ2v) is 3.63. The lowest BCUT2D eigenvalue weighted by Gasteiger charge is -1.99. The van der Waals surface area contributed by atoms with E-state index in [2.05, 4.69) is 53.3 Å². The van der Waals surface area contributed by atoms with Gasteiger partial charge in [0.25, 0.3) is 0 Å². The molecule has 1 aliphatic carbocycles. The quantitative estimate of drug-likeness (QED) is 0.605. The van der Waals surface area contributed by atoms with Crippen LogP contribution in [0.25, 0.3) is 22.7 Å². The van der Waals surface area contributed by atoms with Gasteiger partial charge < -0.3 is 4.57 Å². The Morgan fingerprint density at radius 1 is 1.27 bits per heavy atom. The van der Waals surface area contributed by atoms with Crippen molar-refractivity contribution in [2.24, 2.45) is 0 Å². The highest BCUT2D eigenvalue weighted by molar-refractivity contribution is 5.82. The maximum Gasteiger partial charge on any atom is 0.101 e. The van der Waals surface area contributed by atoms with Crippen LogP contribution in [0.5, 0.6) is 0 Å². The van der Waals surface area contributed by atoms with Crippen LogP contribution < -0.4 is 10.6 Å². The number of aromatic nitrogens is 1. The van der Waals surface area contributed by atoms with Crippen LogP contribution in [0.1, 0.15) is 6.92 Å². The van der Waals surface area contributed by atoms with Crippen LogP contribution in [0, 0.1) is 0 Å². The van der Waals surface area contributed by atoms with Crippen molar-refractivity contribution in [3.63, 3.8) is 0 Å². The Hall–Kier alpha value is -1.94. The van der Waals surface area contributed by atoms with Crippen LogP contribution >= 0.6 is 0 Å². The highest BCUT2D eigenvalue weighted by Crippen LogP contribution is 2.08. The molecule has 0 bridgehead atoms. The van der Waals surface area contributed by atoms with E-state index < -0.39 is 0 Å². The first-order valence-electron chi connectivity index (χ1n) is 5.21. The Morgan fingerprint density at radius 2 is 2.13 bits per heavy atom. The van der Waals surface area contributed by atoms with Crippen molar-refractivity contribution in [1.29, 1.82) is 0 Å². The van der Waals surface area contributed by atoms with Gasteiger partial charge >= 0.3 is 0 Å². The van der Waals surface area contributed by atoms with Gasteiger partial charge in [-0.2, -0.15) is 0 Å². The normalized spacial score (nSPS) is 12.3. The minimum Gasteiger partial charge on any atom is -0.334 e. The third-order valence-corrected chi connectivity index (χ3v) is 2.85. The number of para-hydroxylation sites is 1. The van der Waals surface area contributed by atoms with Gasteiger partial charge in [-0.1, -0.05) is 23.9 Å². The lowest BCUT2D eigenvalue weighted by Crippen LogP contribution is -2.28. The van der Waals surface area contributed by atoms with Crippen LogP contribution in [0.2, 0.25) is 0 Å². The first-order valence-corrected chi connectivity index (χ1v) is 5.21. The molecule has 0 atom stereocenters. The van der Waals surface area contributed by atoms with Gasteiger partial charge in [0.05, 0.1) is 0 Å². The van der Waals surface area contributed by atoms with Crippen molar-refractivity contribution < 1.29 is 0 Å². The molecule has 0 saturated carbocycles. The molecule has 0 aliphatic heterocycles. The second kappa shape index (κ2) is 3.03. The zero-order chi connectivity index (χ0) is 10.3. The van der Waals surface area contributed by atoms with Crippen molar-refractivity contribution in [2.75, 3.05) is 0 Å². The summed E-state index contributed by atoms with van der Waals surface area (Å²) in [5.41, 5.74) is 7.51. The highest BCUT2D eigenvalue weighted by Gasteiger charge is 2.04. The van der Waals surface area contributed by atoms with Gasteiger partial charge in [0, 0.05) is 22.7 Å². The molecule has 0 spiro atoms. The van der Waals surface area contributed by atoms with Crippen LogP contribution in [0.4, 0.5) is 0 Å². The molecule has 1 aromatic heterocycles. The van der Waals surface area contributed by atoms with Gasteiger partial charge in [-0.25, -0.2) is 0 Å². The molecule has 0 fully saturated rings. The summed E-state index contributed by atoms with van der Waals surface area (Å²) in [4.78, 5) is 0. The first-order chi connectivity index (χ1) is 7.42. The van der Waals surface area contributed by atoms with Gasteiger partial charge in [-0.05, 0) is 30.9 Å². The van der Waals surface area contributed by atoms with Crippen LogP contribution in [-0.4, -0.2) is 4.57 Å². The number of benzene rings is 1. The van der Waals surface area contributed by atoms with E-state index in [0.29, 0.717) is 0 Å². The van der Waals surface area contributed by atoms with Crippen molar-refractivity contribution in [1.82, 2.24) is 4.57 Å². The van der Waals surface area contributed by atoms with E-state index in [1.807, 2.05) is 6.08 Å².